The molecule has 1 heterocycles. The van der Waals surface area contributed by atoms with Gasteiger partial charge in [-0.25, -0.2) is 4.98 Å². The first-order valence-corrected chi connectivity index (χ1v) is 8.86. The number of Topliss-reactive ketones (excluding diaryl/α,β-unsaturated/α-hetero) is 1. The number of hydrogen-bond acceptors (Lipinski definition) is 5. The third kappa shape index (κ3) is 3.52. The molecule has 124 valence electrons. The maximum Gasteiger partial charge on any atom is 0.184 e. The van der Waals surface area contributed by atoms with Crippen molar-refractivity contribution in [3.63, 3.8) is 0 Å². The van der Waals surface area contributed by atoms with E-state index in [0.29, 0.717) is 22.3 Å². The van der Waals surface area contributed by atoms with Crippen molar-refractivity contribution in [2.24, 2.45) is 0 Å². The summed E-state index contributed by atoms with van der Waals surface area (Å²) in [5, 5.41) is 4.50. The van der Waals surface area contributed by atoms with Gasteiger partial charge in [-0.3, -0.25) is 4.79 Å². The van der Waals surface area contributed by atoms with Crippen LogP contribution in [0.2, 0.25) is 5.02 Å². The SMILES string of the molecule is CCOc1cccc2sc(NC(C)C(=O)c3ccc(Cl)cc3)nc12. The lowest BCUT2D eigenvalue weighted by Gasteiger charge is -2.11. The summed E-state index contributed by atoms with van der Waals surface area (Å²) in [5.41, 5.74) is 1.44. The van der Waals surface area contributed by atoms with Crippen LogP contribution >= 0.6 is 22.9 Å². The number of carbonyl (C=O) groups is 1. The molecule has 6 heteroatoms. The zero-order chi connectivity index (χ0) is 17.1. The molecule has 0 spiro atoms. The molecule has 0 aliphatic carbocycles. The molecule has 1 unspecified atom stereocenters. The van der Waals surface area contributed by atoms with Crippen LogP contribution in [0.3, 0.4) is 0 Å². The molecule has 3 rings (SSSR count). The first-order valence-electron chi connectivity index (χ1n) is 7.67. The molecule has 3 aromatic rings. The Morgan fingerprint density at radius 2 is 2.04 bits per heavy atom. The second-order valence-corrected chi connectivity index (χ2v) is 6.76. The Balaban J connectivity index is 1.80. The summed E-state index contributed by atoms with van der Waals surface area (Å²) in [6.45, 7) is 4.36. The number of ketones is 1. The molecule has 0 aliphatic heterocycles. The van der Waals surface area contributed by atoms with Gasteiger partial charge < -0.3 is 10.1 Å². The first kappa shape index (κ1) is 16.7. The van der Waals surface area contributed by atoms with Crippen molar-refractivity contribution in [2.75, 3.05) is 11.9 Å². The van der Waals surface area contributed by atoms with Gasteiger partial charge in [0.05, 0.1) is 17.3 Å². The number of para-hydroxylation sites is 1. The number of fused-ring (bicyclic) bond motifs is 1. The number of thiazole rings is 1. The summed E-state index contributed by atoms with van der Waals surface area (Å²) in [6, 6.07) is 12.3. The van der Waals surface area contributed by atoms with Gasteiger partial charge in [0.1, 0.15) is 11.3 Å². The van der Waals surface area contributed by atoms with E-state index in [0.717, 1.165) is 16.0 Å². The molecule has 4 nitrogen and oxygen atoms in total. The van der Waals surface area contributed by atoms with Gasteiger partial charge in [-0.1, -0.05) is 29.0 Å². The predicted molar refractivity (Wildman–Crippen MR) is 99.7 cm³/mol. The molecule has 0 bridgehead atoms. The van der Waals surface area contributed by atoms with Crippen molar-refractivity contribution in [1.29, 1.82) is 0 Å². The number of aromatic nitrogens is 1. The lowest BCUT2D eigenvalue weighted by molar-refractivity contribution is 0.0975. The average molecular weight is 361 g/mol. The van der Waals surface area contributed by atoms with Gasteiger partial charge in [-0.15, -0.1) is 0 Å². The van der Waals surface area contributed by atoms with Crippen molar-refractivity contribution in [3.8, 4) is 5.75 Å². The standard InChI is InChI=1S/C18H17ClN2O2S/c1-3-23-14-5-4-6-15-16(14)21-18(24-15)20-11(2)17(22)12-7-9-13(19)10-8-12/h4-11H,3H2,1-2H3,(H,20,21). The fourth-order valence-electron chi connectivity index (χ4n) is 2.37. The number of rotatable bonds is 6. The number of carbonyl (C=O) groups excluding carboxylic acids is 1. The van der Waals surface area contributed by atoms with Gasteiger partial charge in [0.25, 0.3) is 0 Å². The van der Waals surface area contributed by atoms with Crippen LogP contribution in [0.15, 0.2) is 42.5 Å². The molecule has 1 atom stereocenters. The van der Waals surface area contributed by atoms with Crippen LogP contribution in [0.25, 0.3) is 10.2 Å². The fraction of sp³-hybridized carbons (Fsp3) is 0.222. The maximum atomic E-state index is 12.5. The molecule has 0 saturated heterocycles. The van der Waals surface area contributed by atoms with Gasteiger partial charge >= 0.3 is 0 Å². The van der Waals surface area contributed by atoms with Crippen LogP contribution in [0.1, 0.15) is 24.2 Å². The molecule has 1 aromatic heterocycles. The number of ether oxygens (including phenoxy) is 1. The third-order valence-electron chi connectivity index (χ3n) is 3.54. The Kier molecular flexibility index (Phi) is 5.02. The van der Waals surface area contributed by atoms with Crippen molar-refractivity contribution >= 4 is 44.1 Å². The van der Waals surface area contributed by atoms with Crippen LogP contribution in [0.4, 0.5) is 5.13 Å². The smallest absolute Gasteiger partial charge is 0.184 e. The number of hydrogen-bond donors (Lipinski definition) is 1. The Morgan fingerprint density at radius 1 is 1.29 bits per heavy atom. The normalized spacial score (nSPS) is 12.1. The van der Waals surface area contributed by atoms with E-state index in [1.54, 1.807) is 24.3 Å². The van der Waals surface area contributed by atoms with Crippen molar-refractivity contribution in [2.45, 2.75) is 19.9 Å². The van der Waals surface area contributed by atoms with E-state index in [4.69, 9.17) is 16.3 Å². The van der Waals surface area contributed by atoms with E-state index >= 15 is 0 Å². The van der Waals surface area contributed by atoms with Crippen LogP contribution < -0.4 is 10.1 Å². The minimum atomic E-state index is -0.387. The zero-order valence-electron chi connectivity index (χ0n) is 13.4. The monoisotopic (exact) mass is 360 g/mol. The molecule has 0 amide bonds. The quantitative estimate of drug-likeness (QED) is 0.626. The second kappa shape index (κ2) is 7.20. The van der Waals surface area contributed by atoms with Crippen molar-refractivity contribution in [1.82, 2.24) is 4.98 Å². The average Bonchev–Trinajstić information content (AvgIpc) is 2.98. The Labute approximate surface area is 149 Å². The minimum absolute atomic E-state index is 0.00375. The highest BCUT2D eigenvalue weighted by Gasteiger charge is 2.17. The van der Waals surface area contributed by atoms with Gasteiger partial charge in [0.2, 0.25) is 0 Å². The first-order chi connectivity index (χ1) is 11.6. The highest BCUT2D eigenvalue weighted by molar-refractivity contribution is 7.22. The largest absolute Gasteiger partial charge is 0.492 e. The molecule has 0 fully saturated rings. The van der Waals surface area contributed by atoms with E-state index in [9.17, 15) is 4.79 Å². The molecule has 24 heavy (non-hydrogen) atoms. The van der Waals surface area contributed by atoms with Crippen LogP contribution in [-0.4, -0.2) is 23.4 Å². The summed E-state index contributed by atoms with van der Waals surface area (Å²) in [5.74, 6) is 0.756. The Bertz CT molecular complexity index is 861. The molecule has 0 saturated carbocycles. The van der Waals surface area contributed by atoms with Crippen LogP contribution in [0.5, 0.6) is 5.75 Å². The summed E-state index contributed by atoms with van der Waals surface area (Å²) in [4.78, 5) is 17.1. The van der Waals surface area contributed by atoms with E-state index < -0.39 is 0 Å². The van der Waals surface area contributed by atoms with E-state index in [1.165, 1.54) is 11.3 Å². The van der Waals surface area contributed by atoms with Gasteiger partial charge in [0.15, 0.2) is 10.9 Å². The molecule has 2 aromatic carbocycles. The topological polar surface area (TPSA) is 51.2 Å². The minimum Gasteiger partial charge on any atom is -0.492 e. The van der Waals surface area contributed by atoms with E-state index in [2.05, 4.69) is 10.3 Å². The summed E-state index contributed by atoms with van der Waals surface area (Å²) in [7, 11) is 0. The summed E-state index contributed by atoms with van der Waals surface area (Å²) < 4.78 is 6.63. The molecule has 0 radical (unpaired) electrons. The second-order valence-electron chi connectivity index (χ2n) is 5.29. The number of anilines is 1. The highest BCUT2D eigenvalue weighted by Crippen LogP contribution is 2.32. The van der Waals surface area contributed by atoms with Crippen molar-refractivity contribution in [3.05, 3.63) is 53.1 Å². The zero-order valence-corrected chi connectivity index (χ0v) is 14.9. The maximum absolute atomic E-state index is 12.5. The Morgan fingerprint density at radius 3 is 2.75 bits per heavy atom. The number of nitrogens with one attached hydrogen (secondary N) is 1. The van der Waals surface area contributed by atoms with E-state index in [-0.39, 0.29) is 11.8 Å². The predicted octanol–water partition coefficient (Wildman–Crippen LogP) is 5.03. The van der Waals surface area contributed by atoms with E-state index in [1.807, 2.05) is 32.0 Å². The van der Waals surface area contributed by atoms with Gasteiger partial charge in [-0.05, 0) is 50.2 Å². The lowest BCUT2D eigenvalue weighted by Crippen LogP contribution is -2.26. The lowest BCUT2D eigenvalue weighted by atomic mass is 10.1. The molecule has 0 aliphatic rings. The number of halogens is 1. The number of nitrogens with zero attached hydrogens (tertiary/aromatic N) is 1. The molecule has 1 N–H and O–H groups in total. The van der Waals surface area contributed by atoms with Crippen LogP contribution in [-0.2, 0) is 0 Å². The van der Waals surface area contributed by atoms with Crippen LogP contribution in [0, 0.1) is 0 Å². The van der Waals surface area contributed by atoms with Gasteiger partial charge in [0, 0.05) is 10.6 Å². The Hall–Kier alpha value is -2.11. The summed E-state index contributed by atoms with van der Waals surface area (Å²) in [6.07, 6.45) is 0. The fourth-order valence-corrected chi connectivity index (χ4v) is 3.47. The highest BCUT2D eigenvalue weighted by atomic mass is 35.5. The third-order valence-corrected chi connectivity index (χ3v) is 4.75. The number of benzene rings is 2. The molecular formula is C18H17ClN2O2S. The summed E-state index contributed by atoms with van der Waals surface area (Å²) >= 11 is 7.37. The molecular weight excluding hydrogens is 344 g/mol. The van der Waals surface area contributed by atoms with Gasteiger partial charge in [-0.2, -0.15) is 0 Å². The van der Waals surface area contributed by atoms with Crippen molar-refractivity contribution < 1.29 is 9.53 Å².